The molecule has 1 atom stereocenters. The number of nitriles is 1. The fourth-order valence-corrected chi connectivity index (χ4v) is 6.94. The normalized spacial score (nSPS) is 18.6. The van der Waals surface area contributed by atoms with Crippen molar-refractivity contribution in [2.75, 3.05) is 29.9 Å². The van der Waals surface area contributed by atoms with Gasteiger partial charge in [0.2, 0.25) is 0 Å². The molecule has 2 aliphatic heterocycles. The van der Waals surface area contributed by atoms with Crippen LogP contribution in [0.5, 0.6) is 0 Å². The van der Waals surface area contributed by atoms with Crippen molar-refractivity contribution >= 4 is 11.6 Å². The van der Waals surface area contributed by atoms with Gasteiger partial charge < -0.3 is 19.9 Å². The lowest BCUT2D eigenvalue weighted by Crippen LogP contribution is -2.23. The number of aliphatic hydroxyl groups excluding tert-OH is 1. The second-order valence-electron chi connectivity index (χ2n) is 13.7. The second-order valence-corrected chi connectivity index (χ2v) is 13.7. The number of fused-ring (bicyclic) bond motifs is 1. The van der Waals surface area contributed by atoms with Crippen molar-refractivity contribution < 1.29 is 18.3 Å². The first kappa shape index (κ1) is 31.1. The molecule has 7 rings (SSSR count). The summed E-state index contributed by atoms with van der Waals surface area (Å²) in [6, 6.07) is 14.0. The molecule has 1 aliphatic carbocycles. The number of anilines is 2. The van der Waals surface area contributed by atoms with Crippen LogP contribution in [0.2, 0.25) is 0 Å². The molecule has 2 fully saturated rings. The predicted octanol–water partition coefficient (Wildman–Crippen LogP) is 6.50. The molecule has 0 bridgehead atoms. The van der Waals surface area contributed by atoms with Crippen molar-refractivity contribution in [3.63, 3.8) is 0 Å². The van der Waals surface area contributed by atoms with Gasteiger partial charge in [-0.1, -0.05) is 13.8 Å². The number of hydrogen-bond donors (Lipinski definition) is 2. The number of pyridine rings is 1. The van der Waals surface area contributed by atoms with Crippen LogP contribution in [0.1, 0.15) is 67.2 Å². The third kappa shape index (κ3) is 6.05. The van der Waals surface area contributed by atoms with Crippen LogP contribution >= 0.6 is 0 Å². The number of nitrogens with zero attached hydrogens (tertiary/aromatic N) is 7. The fourth-order valence-electron chi connectivity index (χ4n) is 6.94. The molecule has 244 valence electrons. The number of benzene rings is 2. The van der Waals surface area contributed by atoms with Gasteiger partial charge in [-0.05, 0) is 102 Å². The minimum Gasteiger partial charge on any atom is -0.370 e. The summed E-state index contributed by atoms with van der Waals surface area (Å²) in [6.45, 7) is 6.76. The summed E-state index contributed by atoms with van der Waals surface area (Å²) >= 11 is 0. The average molecular weight is 643 g/mol. The molecule has 2 aromatic heterocycles. The summed E-state index contributed by atoms with van der Waals surface area (Å²) < 4.78 is 45.4. The minimum absolute atomic E-state index is 0.0592. The lowest BCUT2D eigenvalue weighted by atomic mass is 9.97. The second kappa shape index (κ2) is 11.6. The summed E-state index contributed by atoms with van der Waals surface area (Å²) in [5, 5.41) is 33.0. The van der Waals surface area contributed by atoms with E-state index in [-0.39, 0.29) is 17.7 Å². The first-order chi connectivity index (χ1) is 22.4. The molecule has 47 heavy (non-hydrogen) atoms. The van der Waals surface area contributed by atoms with Crippen LogP contribution in [0.3, 0.4) is 0 Å². The minimum atomic E-state index is -4.58. The Morgan fingerprint density at radius 2 is 1.91 bits per heavy atom. The topological polar surface area (TPSA) is 106 Å². The number of alkyl halides is 3. The summed E-state index contributed by atoms with van der Waals surface area (Å²) in [5.74, 6) is 1.69. The Labute approximate surface area is 271 Å². The van der Waals surface area contributed by atoms with Crippen molar-refractivity contribution in [1.82, 2.24) is 24.6 Å². The molecule has 4 aromatic rings. The number of likely N-dealkylation sites (tertiary alicyclic amines) is 1. The van der Waals surface area contributed by atoms with Crippen molar-refractivity contribution in [3.8, 4) is 28.6 Å². The van der Waals surface area contributed by atoms with Gasteiger partial charge in [-0.15, -0.1) is 10.2 Å². The molecular formula is C35H37F3N8O. The monoisotopic (exact) mass is 642 g/mol. The number of hydrogen-bond acceptors (Lipinski definition) is 8. The van der Waals surface area contributed by atoms with Gasteiger partial charge in [-0.3, -0.25) is 4.90 Å². The smallest absolute Gasteiger partial charge is 0.370 e. The molecule has 2 aromatic carbocycles. The lowest BCUT2D eigenvalue weighted by Gasteiger charge is -2.24. The van der Waals surface area contributed by atoms with E-state index in [1.165, 1.54) is 23.8 Å². The van der Waals surface area contributed by atoms with Crippen LogP contribution in [0.25, 0.3) is 22.5 Å². The number of rotatable bonds is 8. The molecule has 1 spiro atoms. The number of nitrogens with one attached hydrogen (secondary N) is 1. The Kier molecular flexibility index (Phi) is 7.72. The molecule has 9 nitrogen and oxygen atoms in total. The largest absolute Gasteiger partial charge is 0.416 e. The van der Waals surface area contributed by atoms with Gasteiger partial charge >= 0.3 is 6.18 Å². The molecule has 1 unspecified atom stereocenters. The molecule has 0 amide bonds. The SMILES string of the molecule is CC(C)CNc1cc(-c2cc(C#N)ccc2-c2nncn2C)cc(N2Cc3c(cc(CN4CCC5(CC5)C4)cc3C(F)(F)F)C2O)n1. The number of halogens is 3. The van der Waals surface area contributed by atoms with Crippen LogP contribution in [-0.2, 0) is 26.3 Å². The van der Waals surface area contributed by atoms with Gasteiger partial charge in [0.1, 0.15) is 18.0 Å². The van der Waals surface area contributed by atoms with Crippen molar-refractivity contribution in [1.29, 1.82) is 5.26 Å². The van der Waals surface area contributed by atoms with Gasteiger partial charge in [0.05, 0.1) is 17.2 Å². The summed E-state index contributed by atoms with van der Waals surface area (Å²) in [6.07, 6.45) is -0.857. The van der Waals surface area contributed by atoms with Gasteiger partial charge in [0, 0.05) is 44.4 Å². The zero-order valence-corrected chi connectivity index (χ0v) is 26.6. The first-order valence-electron chi connectivity index (χ1n) is 16.0. The van der Waals surface area contributed by atoms with Gasteiger partial charge in [0.15, 0.2) is 12.1 Å². The van der Waals surface area contributed by atoms with Gasteiger partial charge in [-0.25, -0.2) is 4.98 Å². The quantitative estimate of drug-likeness (QED) is 0.225. The lowest BCUT2D eigenvalue weighted by molar-refractivity contribution is -0.138. The maximum absolute atomic E-state index is 14.6. The first-order valence-corrected chi connectivity index (χ1v) is 16.0. The highest BCUT2D eigenvalue weighted by Crippen LogP contribution is 2.53. The van der Waals surface area contributed by atoms with E-state index in [1.807, 2.05) is 19.2 Å². The highest BCUT2D eigenvalue weighted by Gasteiger charge is 2.47. The summed E-state index contributed by atoms with van der Waals surface area (Å²) in [4.78, 5) is 8.53. The highest BCUT2D eigenvalue weighted by atomic mass is 19.4. The van der Waals surface area contributed by atoms with E-state index in [9.17, 15) is 23.5 Å². The van der Waals surface area contributed by atoms with Gasteiger partial charge in [-0.2, -0.15) is 18.4 Å². The maximum Gasteiger partial charge on any atom is 0.416 e. The third-order valence-electron chi connectivity index (χ3n) is 9.64. The van der Waals surface area contributed by atoms with E-state index in [0.717, 1.165) is 25.1 Å². The van der Waals surface area contributed by atoms with Crippen LogP contribution < -0.4 is 10.2 Å². The van der Waals surface area contributed by atoms with Crippen LogP contribution in [0, 0.1) is 22.7 Å². The number of aryl methyl sites for hydroxylation is 1. The Morgan fingerprint density at radius 3 is 2.57 bits per heavy atom. The molecule has 12 heteroatoms. The van der Waals surface area contributed by atoms with E-state index >= 15 is 0 Å². The van der Waals surface area contributed by atoms with Crippen LogP contribution in [0.15, 0.2) is 48.8 Å². The molecule has 3 aliphatic rings. The van der Waals surface area contributed by atoms with E-state index < -0.39 is 18.0 Å². The van der Waals surface area contributed by atoms with Crippen molar-refractivity contribution in [2.45, 2.75) is 58.6 Å². The molecular weight excluding hydrogens is 605 g/mol. The Hall–Kier alpha value is -4.47. The van der Waals surface area contributed by atoms with Crippen molar-refractivity contribution in [2.24, 2.45) is 18.4 Å². The molecule has 2 N–H and O–H groups in total. The van der Waals surface area contributed by atoms with Crippen molar-refractivity contribution in [3.05, 3.63) is 76.6 Å². The Bertz CT molecular complexity index is 1870. The van der Waals surface area contributed by atoms with Crippen LogP contribution in [-0.4, -0.2) is 49.4 Å². The zero-order valence-electron chi connectivity index (χ0n) is 26.6. The molecule has 4 heterocycles. The summed E-state index contributed by atoms with van der Waals surface area (Å²) in [7, 11) is 1.82. The zero-order chi connectivity index (χ0) is 33.1. The predicted molar refractivity (Wildman–Crippen MR) is 172 cm³/mol. The Morgan fingerprint density at radius 1 is 1.11 bits per heavy atom. The maximum atomic E-state index is 14.6. The number of aromatic nitrogens is 4. The van der Waals surface area contributed by atoms with E-state index in [0.29, 0.717) is 64.1 Å². The van der Waals surface area contributed by atoms with Crippen LogP contribution in [0.4, 0.5) is 24.8 Å². The van der Waals surface area contributed by atoms with Gasteiger partial charge in [0.25, 0.3) is 0 Å². The van der Waals surface area contributed by atoms with E-state index in [4.69, 9.17) is 4.98 Å². The number of aliphatic hydroxyl groups is 1. The summed E-state index contributed by atoms with van der Waals surface area (Å²) in [5.41, 5.74) is 3.01. The molecule has 0 radical (unpaired) electrons. The molecule has 1 saturated carbocycles. The Balaban J connectivity index is 1.30. The fraction of sp³-hybridized carbons (Fsp3) is 0.429. The average Bonchev–Trinajstić information content (AvgIpc) is 3.29. The van der Waals surface area contributed by atoms with E-state index in [2.05, 4.69) is 40.3 Å². The third-order valence-corrected chi connectivity index (χ3v) is 9.64. The highest BCUT2D eigenvalue weighted by molar-refractivity contribution is 5.84. The van der Waals surface area contributed by atoms with E-state index in [1.54, 1.807) is 35.2 Å². The standard InChI is InChI=1S/C35H37F3N8O/c1-21(2)16-40-30-13-24(26-10-22(15-39)4-5-25(26)32-43-41-20-44(32)3)14-31(42-30)46-18-28-27(33(46)47)11-23(12-29(28)35(36,37)38)17-45-9-8-34(19-45)6-7-34/h4-5,10-14,20-21,33,47H,6-9,16-19H2,1-3H3,(H,40,42). The molecule has 1 saturated heterocycles.